The summed E-state index contributed by atoms with van der Waals surface area (Å²) in [6.45, 7) is 1.92. The Morgan fingerprint density at radius 2 is 2.00 bits per heavy atom. The van der Waals surface area contributed by atoms with Crippen LogP contribution in [-0.4, -0.2) is 47.6 Å². The fourth-order valence-electron chi connectivity index (χ4n) is 3.08. The average molecular weight is 243 g/mol. The first-order valence-electron chi connectivity index (χ1n) is 6.17. The third-order valence-electron chi connectivity index (χ3n) is 4.05. The van der Waals surface area contributed by atoms with Crippen molar-refractivity contribution in [1.82, 2.24) is 4.90 Å². The Balaban J connectivity index is 2.03. The maximum atomic E-state index is 11.3. The van der Waals surface area contributed by atoms with Gasteiger partial charge >= 0.3 is 5.97 Å². The second-order valence-electron chi connectivity index (χ2n) is 5.11. The van der Waals surface area contributed by atoms with E-state index >= 15 is 0 Å². The molecule has 2 heterocycles. The number of hydrogen-bond donors (Lipinski definition) is 1. The number of rotatable bonds is 2. The molecule has 3 nitrogen and oxygen atoms in total. The van der Waals surface area contributed by atoms with Gasteiger partial charge in [-0.15, -0.1) is 0 Å². The van der Waals surface area contributed by atoms with Gasteiger partial charge in [-0.2, -0.15) is 11.8 Å². The lowest BCUT2D eigenvalue weighted by atomic mass is 9.75. The second-order valence-corrected chi connectivity index (χ2v) is 6.33. The lowest BCUT2D eigenvalue weighted by molar-refractivity contribution is -0.146. The van der Waals surface area contributed by atoms with E-state index in [0.717, 1.165) is 19.5 Å². The summed E-state index contributed by atoms with van der Waals surface area (Å²) in [6, 6.07) is 0. The Hall–Kier alpha value is -0.220. The molecule has 2 rings (SSSR count). The third kappa shape index (κ3) is 2.72. The molecular formula is C12H21NO2S. The highest BCUT2D eigenvalue weighted by Gasteiger charge is 2.38. The number of carbonyl (C=O) groups is 1. The van der Waals surface area contributed by atoms with Crippen molar-refractivity contribution < 1.29 is 9.90 Å². The molecule has 0 aliphatic carbocycles. The van der Waals surface area contributed by atoms with Crippen molar-refractivity contribution in [2.75, 3.05) is 31.6 Å². The predicted molar refractivity (Wildman–Crippen MR) is 66.8 cm³/mol. The molecule has 0 saturated carbocycles. The zero-order valence-electron chi connectivity index (χ0n) is 9.89. The van der Waals surface area contributed by atoms with Crippen LogP contribution in [0.5, 0.6) is 0 Å². The SMILES string of the molecule is CN1CCC(C(=O)O)C(C2CCSCC2)C1. The molecule has 0 spiro atoms. The summed E-state index contributed by atoms with van der Waals surface area (Å²) in [5, 5.41) is 9.30. The number of nitrogens with zero attached hydrogens (tertiary/aromatic N) is 1. The summed E-state index contributed by atoms with van der Waals surface area (Å²) >= 11 is 2.01. The molecule has 2 fully saturated rings. The van der Waals surface area contributed by atoms with Gasteiger partial charge in [0.25, 0.3) is 0 Å². The largest absolute Gasteiger partial charge is 0.481 e. The van der Waals surface area contributed by atoms with Crippen LogP contribution in [0.15, 0.2) is 0 Å². The van der Waals surface area contributed by atoms with E-state index in [1.807, 2.05) is 11.8 Å². The molecule has 0 aromatic rings. The Morgan fingerprint density at radius 1 is 1.31 bits per heavy atom. The molecule has 92 valence electrons. The average Bonchev–Trinajstić information content (AvgIpc) is 2.29. The van der Waals surface area contributed by atoms with Crippen LogP contribution < -0.4 is 0 Å². The number of hydrogen-bond acceptors (Lipinski definition) is 3. The van der Waals surface area contributed by atoms with Crippen LogP contribution in [0.4, 0.5) is 0 Å². The monoisotopic (exact) mass is 243 g/mol. The van der Waals surface area contributed by atoms with Gasteiger partial charge in [-0.3, -0.25) is 4.79 Å². The van der Waals surface area contributed by atoms with Gasteiger partial charge in [0.15, 0.2) is 0 Å². The highest BCUT2D eigenvalue weighted by atomic mass is 32.2. The minimum Gasteiger partial charge on any atom is -0.481 e. The Labute approximate surface area is 102 Å². The molecule has 0 amide bonds. The summed E-state index contributed by atoms with van der Waals surface area (Å²) in [5.41, 5.74) is 0. The number of piperidine rings is 1. The molecule has 0 bridgehead atoms. The molecular weight excluding hydrogens is 222 g/mol. The van der Waals surface area contributed by atoms with Crippen LogP contribution in [0.1, 0.15) is 19.3 Å². The number of aliphatic carboxylic acids is 1. The molecule has 0 radical (unpaired) electrons. The van der Waals surface area contributed by atoms with Crippen LogP contribution in [0.3, 0.4) is 0 Å². The van der Waals surface area contributed by atoms with E-state index < -0.39 is 5.97 Å². The van der Waals surface area contributed by atoms with E-state index in [9.17, 15) is 9.90 Å². The van der Waals surface area contributed by atoms with E-state index in [2.05, 4.69) is 11.9 Å². The maximum absolute atomic E-state index is 11.3. The van der Waals surface area contributed by atoms with Gasteiger partial charge in [-0.25, -0.2) is 0 Å². The standard InChI is InChI=1S/C12H21NO2S/c1-13-5-2-10(12(14)15)11(8-13)9-3-6-16-7-4-9/h9-11H,2-8H2,1H3,(H,14,15). The molecule has 0 aromatic carbocycles. The fourth-order valence-corrected chi connectivity index (χ4v) is 4.22. The lowest BCUT2D eigenvalue weighted by Gasteiger charge is -2.40. The van der Waals surface area contributed by atoms with E-state index in [1.165, 1.54) is 24.3 Å². The summed E-state index contributed by atoms with van der Waals surface area (Å²) in [6.07, 6.45) is 3.26. The quantitative estimate of drug-likeness (QED) is 0.802. The van der Waals surface area contributed by atoms with Gasteiger partial charge in [0, 0.05) is 6.54 Å². The van der Waals surface area contributed by atoms with Gasteiger partial charge < -0.3 is 10.0 Å². The highest BCUT2D eigenvalue weighted by molar-refractivity contribution is 7.99. The van der Waals surface area contributed by atoms with E-state index in [4.69, 9.17) is 0 Å². The van der Waals surface area contributed by atoms with Crippen LogP contribution in [-0.2, 0) is 4.79 Å². The first kappa shape index (κ1) is 12.2. The van der Waals surface area contributed by atoms with Crippen molar-refractivity contribution in [3.63, 3.8) is 0 Å². The molecule has 2 unspecified atom stereocenters. The number of likely N-dealkylation sites (tertiary alicyclic amines) is 1. The number of thioether (sulfide) groups is 1. The Morgan fingerprint density at radius 3 is 2.62 bits per heavy atom. The molecule has 4 heteroatoms. The van der Waals surface area contributed by atoms with Gasteiger partial charge in [0.2, 0.25) is 0 Å². The predicted octanol–water partition coefficient (Wildman–Crippen LogP) is 1.78. The van der Waals surface area contributed by atoms with Crippen molar-refractivity contribution >= 4 is 17.7 Å². The zero-order valence-corrected chi connectivity index (χ0v) is 10.7. The molecule has 16 heavy (non-hydrogen) atoms. The van der Waals surface area contributed by atoms with Crippen molar-refractivity contribution in [2.45, 2.75) is 19.3 Å². The topological polar surface area (TPSA) is 40.5 Å². The summed E-state index contributed by atoms with van der Waals surface area (Å²) in [7, 11) is 2.11. The molecule has 0 aromatic heterocycles. The number of carboxylic acid groups (broad SMARTS) is 1. The van der Waals surface area contributed by atoms with Crippen molar-refractivity contribution in [1.29, 1.82) is 0 Å². The Kier molecular flexibility index (Phi) is 4.14. The van der Waals surface area contributed by atoms with Crippen molar-refractivity contribution in [2.24, 2.45) is 17.8 Å². The van der Waals surface area contributed by atoms with Crippen LogP contribution in [0.25, 0.3) is 0 Å². The van der Waals surface area contributed by atoms with E-state index in [0.29, 0.717) is 11.8 Å². The van der Waals surface area contributed by atoms with Gasteiger partial charge in [-0.1, -0.05) is 0 Å². The Bertz CT molecular complexity index is 253. The molecule has 2 saturated heterocycles. The number of carboxylic acids is 1. The van der Waals surface area contributed by atoms with Crippen LogP contribution >= 0.6 is 11.8 Å². The van der Waals surface area contributed by atoms with Gasteiger partial charge in [0.1, 0.15) is 0 Å². The second kappa shape index (κ2) is 5.41. The van der Waals surface area contributed by atoms with Crippen LogP contribution in [0.2, 0.25) is 0 Å². The maximum Gasteiger partial charge on any atom is 0.306 e. The minimum absolute atomic E-state index is 0.0932. The highest BCUT2D eigenvalue weighted by Crippen LogP contribution is 2.37. The molecule has 2 aliphatic heterocycles. The fraction of sp³-hybridized carbons (Fsp3) is 0.917. The van der Waals surface area contributed by atoms with E-state index in [1.54, 1.807) is 0 Å². The molecule has 2 aliphatic rings. The summed E-state index contributed by atoms with van der Waals surface area (Å²) in [5.74, 6) is 2.80. The first-order valence-corrected chi connectivity index (χ1v) is 7.33. The third-order valence-corrected chi connectivity index (χ3v) is 5.10. The summed E-state index contributed by atoms with van der Waals surface area (Å²) in [4.78, 5) is 13.6. The zero-order chi connectivity index (χ0) is 11.5. The van der Waals surface area contributed by atoms with E-state index in [-0.39, 0.29) is 5.92 Å². The molecule has 2 atom stereocenters. The van der Waals surface area contributed by atoms with Gasteiger partial charge in [-0.05, 0) is 56.2 Å². The smallest absolute Gasteiger partial charge is 0.306 e. The van der Waals surface area contributed by atoms with Gasteiger partial charge in [0.05, 0.1) is 5.92 Å². The lowest BCUT2D eigenvalue weighted by Crippen LogP contribution is -2.45. The van der Waals surface area contributed by atoms with Crippen molar-refractivity contribution in [3.05, 3.63) is 0 Å². The first-order chi connectivity index (χ1) is 7.68. The van der Waals surface area contributed by atoms with Crippen LogP contribution in [0, 0.1) is 17.8 Å². The summed E-state index contributed by atoms with van der Waals surface area (Å²) < 4.78 is 0. The molecule has 1 N–H and O–H groups in total. The normalized spacial score (nSPS) is 33.8. The minimum atomic E-state index is -0.573. The van der Waals surface area contributed by atoms with Crippen molar-refractivity contribution in [3.8, 4) is 0 Å².